The zero-order valence-electron chi connectivity index (χ0n) is 52.5. The Balaban J connectivity index is 4.47. The van der Waals surface area contributed by atoms with Crippen LogP contribution in [0.5, 0.6) is 0 Å². The Morgan fingerprint density at radius 3 is 0.802 bits per heavy atom. The zero-order chi connectivity index (χ0) is 58.5. The summed E-state index contributed by atoms with van der Waals surface area (Å²) in [5.74, 6) is -0.984. The molecule has 0 N–H and O–H groups in total. The van der Waals surface area contributed by atoms with Crippen LogP contribution in [-0.4, -0.2) is 37.2 Å². The van der Waals surface area contributed by atoms with E-state index in [1.807, 2.05) is 0 Å². The van der Waals surface area contributed by atoms with Crippen molar-refractivity contribution in [3.8, 4) is 0 Å². The Hall–Kier alpha value is -4.71. The predicted molar refractivity (Wildman–Crippen MR) is 352 cm³/mol. The molecule has 6 heteroatoms. The third-order valence-electron chi connectivity index (χ3n) is 13.8. The number of hydrogen-bond donors (Lipinski definition) is 0. The number of allylic oxidation sites excluding steroid dienone is 24. The van der Waals surface area contributed by atoms with Crippen molar-refractivity contribution in [3.05, 3.63) is 146 Å². The number of hydrogen-bond acceptors (Lipinski definition) is 6. The molecule has 0 saturated heterocycles. The molecule has 0 spiro atoms. The van der Waals surface area contributed by atoms with Gasteiger partial charge in [0.1, 0.15) is 13.2 Å². The van der Waals surface area contributed by atoms with E-state index in [-0.39, 0.29) is 31.1 Å². The van der Waals surface area contributed by atoms with Crippen LogP contribution >= 0.6 is 0 Å². The Morgan fingerprint density at radius 2 is 0.481 bits per heavy atom. The van der Waals surface area contributed by atoms with Crippen molar-refractivity contribution in [2.45, 2.75) is 297 Å². The molecule has 0 aliphatic heterocycles. The normalized spacial score (nSPS) is 13.1. The third-order valence-corrected chi connectivity index (χ3v) is 13.8. The van der Waals surface area contributed by atoms with Crippen molar-refractivity contribution in [2.75, 3.05) is 13.2 Å². The summed E-state index contributed by atoms with van der Waals surface area (Å²) in [5.41, 5.74) is 0. The molecule has 0 aromatic rings. The van der Waals surface area contributed by atoms with Crippen molar-refractivity contribution >= 4 is 17.9 Å². The second-order valence-electron chi connectivity index (χ2n) is 21.6. The molecule has 0 aromatic heterocycles. The molecule has 0 aromatic carbocycles. The van der Waals surface area contributed by atoms with Gasteiger partial charge in [-0.05, 0) is 141 Å². The molecular weight excluding hydrogens is 997 g/mol. The van der Waals surface area contributed by atoms with E-state index < -0.39 is 6.10 Å². The largest absolute Gasteiger partial charge is 0.462 e. The molecule has 458 valence electrons. The molecular formula is C75H122O6. The van der Waals surface area contributed by atoms with Gasteiger partial charge in [0.15, 0.2) is 6.10 Å². The van der Waals surface area contributed by atoms with E-state index in [9.17, 15) is 14.4 Å². The lowest BCUT2D eigenvalue weighted by atomic mass is 10.0. The zero-order valence-corrected chi connectivity index (χ0v) is 52.5. The summed E-state index contributed by atoms with van der Waals surface area (Å²) >= 11 is 0. The van der Waals surface area contributed by atoms with Crippen LogP contribution < -0.4 is 0 Å². The van der Waals surface area contributed by atoms with E-state index in [1.54, 1.807) is 0 Å². The summed E-state index contributed by atoms with van der Waals surface area (Å²) in [6.45, 7) is 6.36. The van der Waals surface area contributed by atoms with Gasteiger partial charge in [0.2, 0.25) is 0 Å². The average Bonchev–Trinajstić information content (AvgIpc) is 3.47. The van der Waals surface area contributed by atoms with Gasteiger partial charge in [-0.25, -0.2) is 0 Å². The molecule has 0 bridgehead atoms. The molecule has 0 saturated carbocycles. The summed E-state index contributed by atoms with van der Waals surface area (Å²) in [6, 6.07) is 0. The highest BCUT2D eigenvalue weighted by molar-refractivity contribution is 5.71. The fourth-order valence-corrected chi connectivity index (χ4v) is 8.88. The molecule has 0 rings (SSSR count). The van der Waals surface area contributed by atoms with E-state index in [4.69, 9.17) is 14.2 Å². The molecule has 81 heavy (non-hydrogen) atoms. The van der Waals surface area contributed by atoms with Crippen LogP contribution in [0.4, 0.5) is 0 Å². The number of esters is 3. The van der Waals surface area contributed by atoms with Crippen LogP contribution in [0.2, 0.25) is 0 Å². The third kappa shape index (κ3) is 66.0. The molecule has 6 nitrogen and oxygen atoms in total. The maximum absolute atomic E-state index is 12.9. The van der Waals surface area contributed by atoms with Crippen molar-refractivity contribution < 1.29 is 28.6 Å². The molecule has 0 radical (unpaired) electrons. The van der Waals surface area contributed by atoms with Gasteiger partial charge in [0.05, 0.1) is 0 Å². The quantitative estimate of drug-likeness (QED) is 0.0261. The number of ether oxygens (including phenoxy) is 3. The van der Waals surface area contributed by atoms with Crippen LogP contribution in [0.15, 0.2) is 146 Å². The van der Waals surface area contributed by atoms with E-state index >= 15 is 0 Å². The second kappa shape index (κ2) is 67.8. The van der Waals surface area contributed by atoms with Gasteiger partial charge in [-0.15, -0.1) is 0 Å². The SMILES string of the molecule is CC/C=C\C/C=C\C/C=C\C/C=C\C/C=C\C/C=C\C/C=C\CCCCCC(=O)OCC(COC(=O)CCCC/C=C\C/C=C\C/C=C\C/C=C\CC)OC(=O)CCCCCCCCCCCCC/C=C\CCCCCCCCCC. The van der Waals surface area contributed by atoms with E-state index in [1.165, 1.54) is 116 Å². The molecule has 1 unspecified atom stereocenters. The summed E-state index contributed by atoms with van der Waals surface area (Å²) < 4.78 is 16.9. The molecule has 1 atom stereocenters. The highest BCUT2D eigenvalue weighted by atomic mass is 16.6. The van der Waals surface area contributed by atoms with Gasteiger partial charge in [0.25, 0.3) is 0 Å². The maximum atomic E-state index is 12.9. The minimum atomic E-state index is -0.818. The van der Waals surface area contributed by atoms with Crippen LogP contribution in [0.3, 0.4) is 0 Å². The summed E-state index contributed by atoms with van der Waals surface area (Å²) in [4.78, 5) is 38.4. The van der Waals surface area contributed by atoms with Crippen LogP contribution in [0.1, 0.15) is 290 Å². The van der Waals surface area contributed by atoms with Crippen molar-refractivity contribution in [2.24, 2.45) is 0 Å². The first-order chi connectivity index (χ1) is 40.0. The lowest BCUT2D eigenvalue weighted by Gasteiger charge is -2.18. The van der Waals surface area contributed by atoms with Gasteiger partial charge >= 0.3 is 17.9 Å². The smallest absolute Gasteiger partial charge is 0.306 e. The minimum Gasteiger partial charge on any atom is -0.462 e. The lowest BCUT2D eigenvalue weighted by Crippen LogP contribution is -2.30. The first kappa shape index (κ1) is 76.3. The Morgan fingerprint density at radius 1 is 0.259 bits per heavy atom. The predicted octanol–water partition coefficient (Wildman–Crippen LogP) is 23.1. The van der Waals surface area contributed by atoms with Crippen LogP contribution in [0, 0.1) is 0 Å². The fraction of sp³-hybridized carbons (Fsp3) is 0.640. The van der Waals surface area contributed by atoms with E-state index in [0.717, 1.165) is 128 Å². The monoisotopic (exact) mass is 1120 g/mol. The summed E-state index contributed by atoms with van der Waals surface area (Å²) in [7, 11) is 0. The molecule has 0 heterocycles. The Bertz CT molecular complexity index is 1760. The Labute approximate surface area is 499 Å². The molecule has 0 aliphatic carbocycles. The lowest BCUT2D eigenvalue weighted by molar-refractivity contribution is -0.167. The molecule has 0 fully saturated rings. The number of carbonyl (C=O) groups is 3. The first-order valence-electron chi connectivity index (χ1n) is 33.3. The van der Waals surface area contributed by atoms with Gasteiger partial charge < -0.3 is 14.2 Å². The van der Waals surface area contributed by atoms with Crippen molar-refractivity contribution in [3.63, 3.8) is 0 Å². The highest BCUT2D eigenvalue weighted by Gasteiger charge is 2.19. The standard InChI is InChI=1S/C75H122O6/c1-4-7-10-13-16-19-22-25-28-30-32-34-36-37-39-40-42-44-47-50-53-56-59-62-65-68-74(77)80-71-72(70-79-73(76)67-64-61-58-55-52-49-46-27-24-21-18-15-12-9-6-3)81-75(78)69-66-63-60-57-54-51-48-45-43-41-38-35-33-31-29-26-23-20-17-14-11-8-5-2/h7,9-10,12,16,18-19,21,25,27-28,31-34,37,39,42,44,46,50,52-53,55,72H,4-6,8,11,13-15,17,20,22-24,26,29-30,35-36,38,40-41,43,45,47-49,51,54,56-71H2,1-3H3/b10-7-,12-9-,19-16-,21-18-,28-25-,33-31-,34-32-,39-37-,44-42-,46-27-,53-50-,55-52-. The van der Waals surface area contributed by atoms with Crippen LogP contribution in [0.25, 0.3) is 0 Å². The average molecular weight is 1120 g/mol. The molecule has 0 amide bonds. The van der Waals surface area contributed by atoms with Gasteiger partial charge in [0, 0.05) is 19.3 Å². The highest BCUT2D eigenvalue weighted by Crippen LogP contribution is 2.15. The number of unbranched alkanes of at least 4 members (excludes halogenated alkanes) is 24. The van der Waals surface area contributed by atoms with Crippen molar-refractivity contribution in [1.29, 1.82) is 0 Å². The fourth-order valence-electron chi connectivity index (χ4n) is 8.88. The minimum absolute atomic E-state index is 0.114. The number of rotatable bonds is 59. The number of carbonyl (C=O) groups excluding carboxylic acids is 3. The topological polar surface area (TPSA) is 78.9 Å². The summed E-state index contributed by atoms with van der Waals surface area (Å²) in [6.07, 6.45) is 97.2. The molecule has 0 aliphatic rings. The van der Waals surface area contributed by atoms with Crippen LogP contribution in [-0.2, 0) is 28.6 Å². The van der Waals surface area contributed by atoms with Crippen molar-refractivity contribution in [1.82, 2.24) is 0 Å². The first-order valence-corrected chi connectivity index (χ1v) is 33.3. The maximum Gasteiger partial charge on any atom is 0.306 e. The van der Waals surface area contributed by atoms with E-state index in [2.05, 4.69) is 167 Å². The van der Waals surface area contributed by atoms with E-state index in [0.29, 0.717) is 25.7 Å². The Kier molecular flexibility index (Phi) is 63.9. The van der Waals surface area contributed by atoms with Gasteiger partial charge in [-0.2, -0.15) is 0 Å². The van der Waals surface area contributed by atoms with Gasteiger partial charge in [-0.1, -0.05) is 276 Å². The second-order valence-corrected chi connectivity index (χ2v) is 21.6. The summed E-state index contributed by atoms with van der Waals surface area (Å²) in [5, 5.41) is 0. The van der Waals surface area contributed by atoms with Gasteiger partial charge in [-0.3, -0.25) is 14.4 Å².